The van der Waals surface area contributed by atoms with Crippen LogP contribution in [0.15, 0.2) is 79.0 Å². The lowest BCUT2D eigenvalue weighted by Gasteiger charge is -2.07. The summed E-state index contributed by atoms with van der Waals surface area (Å²) in [5, 5.41) is 5.37. The quantitative estimate of drug-likeness (QED) is 0.365. The zero-order valence-corrected chi connectivity index (χ0v) is 17.6. The number of rotatable bonds is 5. The van der Waals surface area contributed by atoms with Crippen molar-refractivity contribution in [3.8, 4) is 16.9 Å². The molecule has 0 aliphatic heterocycles. The van der Waals surface area contributed by atoms with Crippen LogP contribution in [0, 0.1) is 13.8 Å². The fourth-order valence-electron chi connectivity index (χ4n) is 3.17. The Balaban J connectivity index is 1.66. The standard InChI is InChI=1S/C25H21ClN2O2/c1-17-8-9-20(14-18(17)2)24-21(15-28(27-24)23-6-4-3-5-7-23)16-30-25(29)19-10-12-22(26)13-11-19/h3-15H,16H2,1-2H3. The molecule has 3 aromatic carbocycles. The molecule has 0 N–H and O–H groups in total. The van der Waals surface area contributed by atoms with Crippen molar-refractivity contribution in [2.24, 2.45) is 0 Å². The van der Waals surface area contributed by atoms with Gasteiger partial charge in [-0.1, -0.05) is 41.9 Å². The Bertz CT molecular complexity index is 1180. The van der Waals surface area contributed by atoms with Crippen LogP contribution < -0.4 is 0 Å². The first-order valence-electron chi connectivity index (χ1n) is 9.65. The van der Waals surface area contributed by atoms with Crippen molar-refractivity contribution in [3.05, 3.63) is 106 Å². The molecular weight excluding hydrogens is 396 g/mol. The summed E-state index contributed by atoms with van der Waals surface area (Å²) in [6, 6.07) is 22.8. The average Bonchev–Trinajstić information content (AvgIpc) is 3.19. The lowest BCUT2D eigenvalue weighted by atomic mass is 10.0. The van der Waals surface area contributed by atoms with Crippen molar-refractivity contribution in [2.75, 3.05) is 0 Å². The van der Waals surface area contributed by atoms with Crippen LogP contribution in [0.4, 0.5) is 0 Å². The minimum absolute atomic E-state index is 0.122. The lowest BCUT2D eigenvalue weighted by molar-refractivity contribution is 0.0473. The zero-order chi connectivity index (χ0) is 21.1. The predicted molar refractivity (Wildman–Crippen MR) is 119 cm³/mol. The summed E-state index contributed by atoms with van der Waals surface area (Å²) in [5.41, 5.74) is 6.43. The number of carbonyl (C=O) groups excluding carboxylic acids is 1. The number of halogens is 1. The summed E-state index contributed by atoms with van der Waals surface area (Å²) in [6.07, 6.45) is 1.91. The van der Waals surface area contributed by atoms with Crippen LogP contribution in [0.1, 0.15) is 27.0 Å². The van der Waals surface area contributed by atoms with Gasteiger partial charge in [0.15, 0.2) is 0 Å². The van der Waals surface area contributed by atoms with Crippen LogP contribution in [0.3, 0.4) is 0 Å². The Hall–Kier alpha value is -3.37. The second-order valence-corrected chi connectivity index (χ2v) is 7.60. The number of ether oxygens (including phenoxy) is 1. The number of aromatic nitrogens is 2. The molecule has 0 saturated heterocycles. The first-order chi connectivity index (χ1) is 14.5. The molecule has 0 amide bonds. The number of esters is 1. The molecule has 0 aliphatic carbocycles. The molecule has 5 heteroatoms. The third-order valence-corrected chi connectivity index (χ3v) is 5.28. The molecule has 0 radical (unpaired) electrons. The fourth-order valence-corrected chi connectivity index (χ4v) is 3.30. The number of para-hydroxylation sites is 1. The molecular formula is C25H21ClN2O2. The van der Waals surface area contributed by atoms with Crippen molar-refractivity contribution in [2.45, 2.75) is 20.5 Å². The summed E-state index contributed by atoms with van der Waals surface area (Å²) in [7, 11) is 0. The molecule has 30 heavy (non-hydrogen) atoms. The number of nitrogens with zero attached hydrogens (tertiary/aromatic N) is 2. The van der Waals surface area contributed by atoms with Crippen molar-refractivity contribution in [1.82, 2.24) is 9.78 Å². The van der Waals surface area contributed by atoms with Crippen molar-refractivity contribution >= 4 is 17.6 Å². The Morgan fingerprint density at radius 2 is 1.70 bits per heavy atom. The van der Waals surface area contributed by atoms with Gasteiger partial charge in [0.1, 0.15) is 6.61 Å². The van der Waals surface area contributed by atoms with E-state index in [9.17, 15) is 4.79 Å². The van der Waals surface area contributed by atoms with Gasteiger partial charge in [-0.2, -0.15) is 5.10 Å². The van der Waals surface area contributed by atoms with Gasteiger partial charge in [-0.25, -0.2) is 9.48 Å². The largest absolute Gasteiger partial charge is 0.457 e. The molecule has 1 heterocycles. The highest BCUT2D eigenvalue weighted by atomic mass is 35.5. The predicted octanol–water partition coefficient (Wildman–Crippen LogP) is 6.17. The van der Waals surface area contributed by atoms with E-state index >= 15 is 0 Å². The molecule has 0 fully saturated rings. The lowest BCUT2D eigenvalue weighted by Crippen LogP contribution is -2.05. The number of hydrogen-bond donors (Lipinski definition) is 0. The van der Waals surface area contributed by atoms with Crippen molar-refractivity contribution < 1.29 is 9.53 Å². The van der Waals surface area contributed by atoms with Crippen LogP contribution in [-0.4, -0.2) is 15.7 Å². The van der Waals surface area contributed by atoms with Crippen LogP contribution in [0.5, 0.6) is 0 Å². The summed E-state index contributed by atoms with van der Waals surface area (Å²) < 4.78 is 7.40. The maximum absolute atomic E-state index is 12.5. The SMILES string of the molecule is Cc1ccc(-c2nn(-c3ccccc3)cc2COC(=O)c2ccc(Cl)cc2)cc1C. The van der Waals surface area contributed by atoms with Gasteiger partial charge in [0, 0.05) is 22.3 Å². The molecule has 4 rings (SSSR count). The molecule has 150 valence electrons. The van der Waals surface area contributed by atoms with Gasteiger partial charge in [-0.05, 0) is 67.4 Å². The fraction of sp³-hybridized carbons (Fsp3) is 0.120. The smallest absolute Gasteiger partial charge is 0.338 e. The monoisotopic (exact) mass is 416 g/mol. The number of carbonyl (C=O) groups is 1. The third-order valence-electron chi connectivity index (χ3n) is 5.03. The Kier molecular flexibility index (Phi) is 5.68. The first kappa shape index (κ1) is 19.9. The molecule has 0 aliphatic rings. The van der Waals surface area contributed by atoms with Crippen LogP contribution in [-0.2, 0) is 11.3 Å². The number of aryl methyl sites for hydroxylation is 2. The number of benzene rings is 3. The van der Waals surface area contributed by atoms with Crippen molar-refractivity contribution in [3.63, 3.8) is 0 Å². The minimum atomic E-state index is -0.398. The molecule has 0 spiro atoms. The van der Waals surface area contributed by atoms with Gasteiger partial charge in [-0.3, -0.25) is 0 Å². The normalized spacial score (nSPS) is 10.8. The topological polar surface area (TPSA) is 44.1 Å². The summed E-state index contributed by atoms with van der Waals surface area (Å²) >= 11 is 5.90. The second-order valence-electron chi connectivity index (χ2n) is 7.17. The van der Waals surface area contributed by atoms with E-state index in [0.29, 0.717) is 10.6 Å². The molecule has 4 nitrogen and oxygen atoms in total. The molecule has 0 atom stereocenters. The van der Waals surface area contributed by atoms with E-state index in [1.54, 1.807) is 24.3 Å². The summed E-state index contributed by atoms with van der Waals surface area (Å²) in [5.74, 6) is -0.398. The Morgan fingerprint density at radius 3 is 2.40 bits per heavy atom. The summed E-state index contributed by atoms with van der Waals surface area (Å²) in [6.45, 7) is 4.28. The maximum Gasteiger partial charge on any atom is 0.338 e. The van der Waals surface area contributed by atoms with E-state index in [2.05, 4.69) is 26.0 Å². The van der Waals surface area contributed by atoms with Gasteiger partial charge in [0.2, 0.25) is 0 Å². The highest BCUT2D eigenvalue weighted by molar-refractivity contribution is 6.30. The van der Waals surface area contributed by atoms with Crippen LogP contribution in [0.2, 0.25) is 5.02 Å². The van der Waals surface area contributed by atoms with E-state index in [4.69, 9.17) is 21.4 Å². The summed E-state index contributed by atoms with van der Waals surface area (Å²) in [4.78, 5) is 12.5. The molecule has 0 unspecified atom stereocenters. The van der Waals surface area contributed by atoms with Crippen LogP contribution in [0.25, 0.3) is 16.9 Å². The highest BCUT2D eigenvalue weighted by Crippen LogP contribution is 2.26. The van der Waals surface area contributed by atoms with E-state index in [0.717, 1.165) is 22.5 Å². The zero-order valence-electron chi connectivity index (χ0n) is 16.8. The Morgan fingerprint density at radius 1 is 0.967 bits per heavy atom. The Labute approximate surface area is 180 Å². The van der Waals surface area contributed by atoms with Gasteiger partial charge in [0.25, 0.3) is 0 Å². The van der Waals surface area contributed by atoms with Gasteiger partial charge >= 0.3 is 5.97 Å². The van der Waals surface area contributed by atoms with E-state index in [-0.39, 0.29) is 6.61 Å². The van der Waals surface area contributed by atoms with Gasteiger partial charge in [-0.15, -0.1) is 0 Å². The van der Waals surface area contributed by atoms with E-state index in [1.807, 2.05) is 47.3 Å². The van der Waals surface area contributed by atoms with Gasteiger partial charge < -0.3 is 4.74 Å². The number of hydrogen-bond acceptors (Lipinski definition) is 3. The third kappa shape index (κ3) is 4.29. The minimum Gasteiger partial charge on any atom is -0.457 e. The molecule has 4 aromatic rings. The second kappa shape index (κ2) is 8.56. The first-order valence-corrected chi connectivity index (χ1v) is 10.0. The average molecular weight is 417 g/mol. The van der Waals surface area contributed by atoms with Gasteiger partial charge in [0.05, 0.1) is 16.9 Å². The van der Waals surface area contributed by atoms with E-state index in [1.165, 1.54) is 11.1 Å². The van der Waals surface area contributed by atoms with Crippen molar-refractivity contribution in [1.29, 1.82) is 0 Å². The van der Waals surface area contributed by atoms with E-state index < -0.39 is 5.97 Å². The molecule has 0 bridgehead atoms. The molecule has 1 aromatic heterocycles. The van der Waals surface area contributed by atoms with Crippen LogP contribution >= 0.6 is 11.6 Å². The molecule has 0 saturated carbocycles. The highest BCUT2D eigenvalue weighted by Gasteiger charge is 2.16. The maximum atomic E-state index is 12.5.